The first-order valence-electron chi connectivity index (χ1n) is 7.04. The Morgan fingerprint density at radius 3 is 2.62 bits per heavy atom. The van der Waals surface area contributed by atoms with E-state index >= 15 is 0 Å². The van der Waals surface area contributed by atoms with Crippen molar-refractivity contribution in [3.05, 3.63) is 75.2 Å². The molecule has 0 bridgehead atoms. The minimum atomic E-state index is -0.465. The molecule has 2 nitrogen and oxygen atoms in total. The minimum absolute atomic E-state index is 0.0425. The smallest absolute Gasteiger partial charge is 0.179 e. The van der Waals surface area contributed by atoms with Gasteiger partial charge in [-0.2, -0.15) is 0 Å². The number of nitrogens with zero attached hydrogens (tertiary/aromatic N) is 1. The molecule has 0 fully saturated rings. The molecule has 3 aromatic rings. The van der Waals surface area contributed by atoms with Crippen LogP contribution in [0.2, 0.25) is 5.02 Å². The molecule has 122 valence electrons. The van der Waals surface area contributed by atoms with E-state index in [0.29, 0.717) is 11.4 Å². The summed E-state index contributed by atoms with van der Waals surface area (Å²) < 4.78 is 19.8. The van der Waals surface area contributed by atoms with Crippen LogP contribution in [0.3, 0.4) is 0 Å². The summed E-state index contributed by atoms with van der Waals surface area (Å²) in [6.07, 6.45) is 1.58. The molecule has 1 aromatic heterocycles. The van der Waals surface area contributed by atoms with Gasteiger partial charge in [0.1, 0.15) is 11.6 Å². The van der Waals surface area contributed by atoms with Gasteiger partial charge < -0.3 is 4.42 Å². The Morgan fingerprint density at radius 2 is 1.92 bits per heavy atom. The number of benzene rings is 2. The third-order valence-corrected chi connectivity index (χ3v) is 5.29. The highest BCUT2D eigenvalue weighted by Crippen LogP contribution is 2.35. The Labute approximate surface area is 156 Å². The number of hydrogen-bond donors (Lipinski definition) is 0. The van der Waals surface area contributed by atoms with Crippen molar-refractivity contribution in [2.45, 2.75) is 16.9 Å². The van der Waals surface area contributed by atoms with Crippen molar-refractivity contribution in [3.63, 3.8) is 0 Å². The first-order chi connectivity index (χ1) is 11.5. The number of furan rings is 1. The van der Waals surface area contributed by atoms with E-state index in [0.717, 1.165) is 14.5 Å². The molecular weight excluding hydrogens is 413 g/mol. The number of hydrogen-bond acceptors (Lipinski definition) is 3. The normalized spacial score (nSPS) is 11.3. The van der Waals surface area contributed by atoms with E-state index in [1.165, 1.54) is 29.5 Å². The van der Waals surface area contributed by atoms with Crippen LogP contribution in [0, 0.1) is 12.7 Å². The van der Waals surface area contributed by atoms with Gasteiger partial charge in [0.25, 0.3) is 0 Å². The van der Waals surface area contributed by atoms with Gasteiger partial charge in [0.2, 0.25) is 0 Å². The maximum Gasteiger partial charge on any atom is 0.179 e. The topological polar surface area (TPSA) is 25.5 Å². The maximum absolute atomic E-state index is 13.1. The maximum atomic E-state index is 13.1. The summed E-state index contributed by atoms with van der Waals surface area (Å²) in [5, 5.41) is 0.790. The summed E-state index contributed by atoms with van der Waals surface area (Å²) in [6.45, 7) is 2.05. The standard InChI is InChI=1S/C18H12BrClFNOS/c1-11-2-5-14(6-3-11)24-18-15(19)9-13(23-18)10-22-12-4-7-17(21)16(20)8-12/h2-10H,1H3. The average Bonchev–Trinajstić information content (AvgIpc) is 2.91. The van der Waals surface area contributed by atoms with Crippen molar-refractivity contribution in [1.82, 2.24) is 0 Å². The quantitative estimate of drug-likeness (QED) is 0.419. The van der Waals surface area contributed by atoms with Crippen molar-refractivity contribution in [2.75, 3.05) is 0 Å². The second-order valence-electron chi connectivity index (χ2n) is 5.06. The third kappa shape index (κ3) is 4.29. The van der Waals surface area contributed by atoms with Gasteiger partial charge in [0.15, 0.2) is 5.09 Å². The lowest BCUT2D eigenvalue weighted by Gasteiger charge is -1.99. The van der Waals surface area contributed by atoms with E-state index in [1.807, 2.05) is 25.1 Å². The van der Waals surface area contributed by atoms with Crippen LogP contribution in [0.5, 0.6) is 0 Å². The summed E-state index contributed by atoms with van der Waals surface area (Å²) >= 11 is 10.8. The van der Waals surface area contributed by atoms with Gasteiger partial charge >= 0.3 is 0 Å². The summed E-state index contributed by atoms with van der Waals surface area (Å²) in [6, 6.07) is 14.3. The zero-order valence-electron chi connectivity index (χ0n) is 12.6. The fourth-order valence-corrected chi connectivity index (χ4v) is 3.42. The molecule has 0 atom stereocenters. The van der Waals surface area contributed by atoms with E-state index in [-0.39, 0.29) is 5.02 Å². The predicted molar refractivity (Wildman–Crippen MR) is 100 cm³/mol. The SMILES string of the molecule is Cc1ccc(Sc2oc(C=Nc3ccc(F)c(Cl)c3)cc2Br)cc1. The van der Waals surface area contributed by atoms with E-state index in [1.54, 1.807) is 12.3 Å². The molecule has 6 heteroatoms. The Balaban J connectivity index is 1.76. The van der Waals surface area contributed by atoms with Crippen LogP contribution >= 0.6 is 39.3 Å². The van der Waals surface area contributed by atoms with Gasteiger partial charge in [0, 0.05) is 11.0 Å². The molecule has 1 heterocycles. The highest BCUT2D eigenvalue weighted by Gasteiger charge is 2.10. The molecule has 0 spiro atoms. The van der Waals surface area contributed by atoms with Crippen LogP contribution in [-0.2, 0) is 0 Å². The van der Waals surface area contributed by atoms with Crippen molar-refractivity contribution >= 4 is 51.2 Å². The molecule has 24 heavy (non-hydrogen) atoms. The van der Waals surface area contributed by atoms with E-state index in [4.69, 9.17) is 16.0 Å². The number of halogens is 3. The molecule has 0 aliphatic rings. The summed E-state index contributed by atoms with van der Waals surface area (Å²) in [5.74, 6) is 0.130. The van der Waals surface area contributed by atoms with Gasteiger partial charge in [-0.05, 0) is 53.2 Å². The average molecular weight is 425 g/mol. The zero-order valence-corrected chi connectivity index (χ0v) is 15.8. The van der Waals surface area contributed by atoms with Crippen molar-refractivity contribution < 1.29 is 8.81 Å². The Bertz CT molecular complexity index is 893. The largest absolute Gasteiger partial charge is 0.447 e. The lowest BCUT2D eigenvalue weighted by atomic mass is 10.2. The fourth-order valence-electron chi connectivity index (χ4n) is 1.92. The lowest BCUT2D eigenvalue weighted by Crippen LogP contribution is -1.77. The second kappa shape index (κ2) is 7.55. The molecule has 0 amide bonds. The number of aryl methyl sites for hydroxylation is 1. The summed E-state index contributed by atoms with van der Waals surface area (Å²) in [5.41, 5.74) is 1.77. The summed E-state index contributed by atoms with van der Waals surface area (Å²) in [7, 11) is 0. The zero-order chi connectivity index (χ0) is 17.1. The predicted octanol–water partition coefficient (Wildman–Crippen LogP) is 7.04. The van der Waals surface area contributed by atoms with E-state index < -0.39 is 5.82 Å². The van der Waals surface area contributed by atoms with Crippen molar-refractivity contribution in [2.24, 2.45) is 4.99 Å². The number of rotatable bonds is 4. The molecule has 0 aliphatic carbocycles. The molecule has 0 N–H and O–H groups in total. The Hall–Kier alpha value is -1.56. The van der Waals surface area contributed by atoms with Crippen molar-refractivity contribution in [3.8, 4) is 0 Å². The highest BCUT2D eigenvalue weighted by atomic mass is 79.9. The third-order valence-electron chi connectivity index (χ3n) is 3.15. The second-order valence-corrected chi connectivity index (χ2v) is 7.36. The minimum Gasteiger partial charge on any atom is -0.447 e. The van der Waals surface area contributed by atoms with E-state index in [9.17, 15) is 4.39 Å². The molecule has 0 unspecified atom stereocenters. The molecule has 3 rings (SSSR count). The fraction of sp³-hybridized carbons (Fsp3) is 0.0556. The first-order valence-corrected chi connectivity index (χ1v) is 9.03. The highest BCUT2D eigenvalue weighted by molar-refractivity contribution is 9.10. The van der Waals surface area contributed by atoms with Gasteiger partial charge in [-0.3, -0.25) is 4.99 Å². The first kappa shape index (κ1) is 17.3. The van der Waals surface area contributed by atoms with Crippen LogP contribution in [-0.4, -0.2) is 6.21 Å². The monoisotopic (exact) mass is 423 g/mol. The molecule has 0 aliphatic heterocycles. The number of aliphatic imine (C=N–C) groups is 1. The van der Waals surface area contributed by atoms with Gasteiger partial charge in [0.05, 0.1) is 21.4 Å². The van der Waals surface area contributed by atoms with Crippen LogP contribution in [0.25, 0.3) is 0 Å². The van der Waals surface area contributed by atoms with Crippen LogP contribution < -0.4 is 0 Å². The van der Waals surface area contributed by atoms with Gasteiger partial charge in [-0.1, -0.05) is 41.1 Å². The van der Waals surface area contributed by atoms with E-state index in [2.05, 4.69) is 33.1 Å². The Morgan fingerprint density at radius 1 is 1.17 bits per heavy atom. The lowest BCUT2D eigenvalue weighted by molar-refractivity contribution is 0.466. The molecule has 0 saturated carbocycles. The van der Waals surface area contributed by atoms with Crippen molar-refractivity contribution in [1.29, 1.82) is 0 Å². The molecule has 0 saturated heterocycles. The molecule has 0 radical (unpaired) electrons. The molecule has 2 aromatic carbocycles. The van der Waals surface area contributed by atoms with Gasteiger partial charge in [-0.15, -0.1) is 0 Å². The van der Waals surface area contributed by atoms with Crippen LogP contribution in [0.1, 0.15) is 11.3 Å². The molecular formula is C18H12BrClFNOS. The van der Waals surface area contributed by atoms with Crippen LogP contribution in [0.4, 0.5) is 10.1 Å². The van der Waals surface area contributed by atoms with Gasteiger partial charge in [-0.25, -0.2) is 4.39 Å². The summed E-state index contributed by atoms with van der Waals surface area (Å²) in [4.78, 5) is 5.34. The Kier molecular flexibility index (Phi) is 5.43. The van der Waals surface area contributed by atoms with Crippen LogP contribution in [0.15, 0.2) is 72.4 Å².